The SMILES string of the molecule is C/C(Nc1ccn(C[C@H](C)O)n1)=C1/C(=O)Nc2cnc(-c3cnccc3C)cc21. The van der Waals surface area contributed by atoms with Gasteiger partial charge in [-0.25, -0.2) is 0 Å². The number of hydrogen-bond donors (Lipinski definition) is 3. The Kier molecular flexibility index (Phi) is 4.85. The summed E-state index contributed by atoms with van der Waals surface area (Å²) in [4.78, 5) is 21.3. The zero-order valence-corrected chi connectivity index (χ0v) is 16.5. The monoisotopic (exact) mass is 390 g/mol. The highest BCUT2D eigenvalue weighted by Crippen LogP contribution is 2.36. The van der Waals surface area contributed by atoms with Crippen LogP contribution in [0.2, 0.25) is 0 Å². The number of anilines is 2. The first-order valence-electron chi connectivity index (χ1n) is 9.34. The number of aryl methyl sites for hydroxylation is 1. The van der Waals surface area contributed by atoms with Crippen LogP contribution in [-0.4, -0.2) is 36.9 Å². The van der Waals surface area contributed by atoms with Crippen LogP contribution in [0, 0.1) is 6.92 Å². The van der Waals surface area contributed by atoms with Gasteiger partial charge in [0.15, 0.2) is 5.82 Å². The van der Waals surface area contributed by atoms with Gasteiger partial charge in [-0.2, -0.15) is 5.10 Å². The van der Waals surface area contributed by atoms with Crippen molar-refractivity contribution in [1.29, 1.82) is 0 Å². The first-order valence-corrected chi connectivity index (χ1v) is 9.34. The Morgan fingerprint density at radius 1 is 1.31 bits per heavy atom. The van der Waals surface area contributed by atoms with Crippen LogP contribution < -0.4 is 10.6 Å². The van der Waals surface area contributed by atoms with Gasteiger partial charge in [0.2, 0.25) is 0 Å². The topological polar surface area (TPSA) is 105 Å². The number of aliphatic hydroxyl groups excluding tert-OH is 1. The molecule has 1 amide bonds. The van der Waals surface area contributed by atoms with Gasteiger partial charge in [0.05, 0.1) is 35.8 Å². The van der Waals surface area contributed by atoms with Gasteiger partial charge in [-0.15, -0.1) is 0 Å². The Balaban J connectivity index is 1.68. The summed E-state index contributed by atoms with van der Waals surface area (Å²) in [6.45, 7) is 5.95. The number of amides is 1. The molecule has 0 saturated carbocycles. The second-order valence-electron chi connectivity index (χ2n) is 7.16. The molecular weight excluding hydrogens is 368 g/mol. The molecule has 0 unspecified atom stereocenters. The zero-order valence-electron chi connectivity index (χ0n) is 16.5. The van der Waals surface area contributed by atoms with E-state index in [1.165, 1.54) is 0 Å². The summed E-state index contributed by atoms with van der Waals surface area (Å²) >= 11 is 0. The second kappa shape index (κ2) is 7.48. The quantitative estimate of drug-likeness (QED) is 0.579. The van der Waals surface area contributed by atoms with Crippen LogP contribution in [-0.2, 0) is 11.3 Å². The molecule has 8 heteroatoms. The Labute approximate surface area is 168 Å². The average molecular weight is 390 g/mol. The van der Waals surface area contributed by atoms with Gasteiger partial charge in [-0.1, -0.05) is 0 Å². The Bertz CT molecular complexity index is 1120. The summed E-state index contributed by atoms with van der Waals surface area (Å²) in [5, 5.41) is 19.9. The van der Waals surface area contributed by atoms with E-state index in [0.717, 1.165) is 22.4 Å². The van der Waals surface area contributed by atoms with Crippen LogP contribution in [0.25, 0.3) is 16.8 Å². The molecule has 3 aromatic rings. The van der Waals surface area contributed by atoms with E-state index in [-0.39, 0.29) is 5.91 Å². The van der Waals surface area contributed by atoms with Crippen LogP contribution in [0.5, 0.6) is 0 Å². The fourth-order valence-electron chi connectivity index (χ4n) is 3.38. The molecule has 0 radical (unpaired) electrons. The zero-order chi connectivity index (χ0) is 20.5. The summed E-state index contributed by atoms with van der Waals surface area (Å²) in [5.74, 6) is 0.421. The molecular formula is C21H22N6O2. The molecule has 1 atom stereocenters. The number of hydrogen-bond acceptors (Lipinski definition) is 6. The highest BCUT2D eigenvalue weighted by atomic mass is 16.3. The number of carbonyl (C=O) groups excluding carboxylic acids is 1. The number of aromatic nitrogens is 4. The highest BCUT2D eigenvalue weighted by Gasteiger charge is 2.27. The summed E-state index contributed by atoms with van der Waals surface area (Å²) < 4.78 is 1.65. The van der Waals surface area contributed by atoms with Gasteiger partial charge >= 0.3 is 0 Å². The fraction of sp³-hybridized carbons (Fsp3) is 0.238. The molecule has 4 heterocycles. The highest BCUT2D eigenvalue weighted by molar-refractivity contribution is 6.32. The van der Waals surface area contributed by atoms with Gasteiger partial charge < -0.3 is 15.7 Å². The molecule has 3 N–H and O–H groups in total. The maximum atomic E-state index is 12.6. The molecule has 29 heavy (non-hydrogen) atoms. The van der Waals surface area contributed by atoms with E-state index in [1.54, 1.807) is 42.5 Å². The molecule has 0 bridgehead atoms. The first kappa shape index (κ1) is 18.8. The molecule has 8 nitrogen and oxygen atoms in total. The van der Waals surface area contributed by atoms with E-state index in [1.807, 2.05) is 26.0 Å². The minimum absolute atomic E-state index is 0.185. The number of aliphatic hydroxyl groups is 1. The number of fused-ring (bicyclic) bond motifs is 1. The number of pyridine rings is 2. The van der Waals surface area contributed by atoms with Crippen molar-refractivity contribution in [1.82, 2.24) is 19.7 Å². The lowest BCUT2D eigenvalue weighted by Crippen LogP contribution is -2.12. The first-order chi connectivity index (χ1) is 13.9. The molecule has 0 spiro atoms. The third-order valence-corrected chi connectivity index (χ3v) is 4.75. The van der Waals surface area contributed by atoms with Crippen LogP contribution >= 0.6 is 0 Å². The Morgan fingerprint density at radius 2 is 2.14 bits per heavy atom. The normalized spacial score (nSPS) is 15.7. The van der Waals surface area contributed by atoms with E-state index in [4.69, 9.17) is 0 Å². The molecule has 3 aromatic heterocycles. The molecule has 0 aliphatic carbocycles. The van der Waals surface area contributed by atoms with Crippen molar-refractivity contribution in [2.75, 3.05) is 10.6 Å². The number of allylic oxidation sites excluding steroid dienone is 1. The molecule has 0 aromatic carbocycles. The lowest BCUT2D eigenvalue weighted by atomic mass is 10.0. The average Bonchev–Trinajstić information content (AvgIpc) is 3.23. The van der Waals surface area contributed by atoms with Crippen molar-refractivity contribution in [2.24, 2.45) is 0 Å². The predicted octanol–water partition coefficient (Wildman–Crippen LogP) is 2.82. The van der Waals surface area contributed by atoms with Gasteiger partial charge in [-0.3, -0.25) is 19.4 Å². The van der Waals surface area contributed by atoms with E-state index >= 15 is 0 Å². The predicted molar refractivity (Wildman–Crippen MR) is 111 cm³/mol. The largest absolute Gasteiger partial charge is 0.391 e. The number of nitrogens with one attached hydrogen (secondary N) is 2. The molecule has 4 rings (SSSR count). The number of rotatable bonds is 5. The summed E-state index contributed by atoms with van der Waals surface area (Å²) in [5.41, 5.74) is 5.45. The Morgan fingerprint density at radius 3 is 2.90 bits per heavy atom. The van der Waals surface area contributed by atoms with Crippen molar-refractivity contribution in [3.05, 3.63) is 59.8 Å². The van der Waals surface area contributed by atoms with Crippen molar-refractivity contribution in [2.45, 2.75) is 33.4 Å². The minimum atomic E-state index is -0.489. The number of nitrogens with zero attached hydrogens (tertiary/aromatic N) is 4. The molecule has 148 valence electrons. The third-order valence-electron chi connectivity index (χ3n) is 4.75. The lowest BCUT2D eigenvalue weighted by molar-refractivity contribution is -0.110. The van der Waals surface area contributed by atoms with Gasteiger partial charge in [0.1, 0.15) is 0 Å². The van der Waals surface area contributed by atoms with Crippen LogP contribution in [0.1, 0.15) is 25.0 Å². The molecule has 1 aliphatic rings. The smallest absolute Gasteiger partial charge is 0.258 e. The van der Waals surface area contributed by atoms with E-state index in [2.05, 4.69) is 25.7 Å². The molecule has 1 aliphatic heterocycles. The molecule has 0 saturated heterocycles. The van der Waals surface area contributed by atoms with E-state index in [9.17, 15) is 9.90 Å². The molecule has 0 fully saturated rings. The second-order valence-corrected chi connectivity index (χ2v) is 7.16. The maximum Gasteiger partial charge on any atom is 0.258 e. The van der Waals surface area contributed by atoms with E-state index < -0.39 is 6.10 Å². The maximum absolute atomic E-state index is 12.6. The fourth-order valence-corrected chi connectivity index (χ4v) is 3.38. The van der Waals surface area contributed by atoms with Crippen LogP contribution in [0.4, 0.5) is 11.5 Å². The summed E-state index contributed by atoms with van der Waals surface area (Å²) in [6.07, 6.45) is 6.48. The van der Waals surface area contributed by atoms with Crippen molar-refractivity contribution in [3.8, 4) is 11.3 Å². The van der Waals surface area contributed by atoms with Crippen molar-refractivity contribution in [3.63, 3.8) is 0 Å². The Hall–Kier alpha value is -3.52. The lowest BCUT2D eigenvalue weighted by Gasteiger charge is -2.09. The van der Waals surface area contributed by atoms with Gasteiger partial charge in [-0.05, 0) is 38.5 Å². The van der Waals surface area contributed by atoms with Crippen molar-refractivity contribution < 1.29 is 9.90 Å². The third kappa shape index (κ3) is 3.74. The van der Waals surface area contributed by atoms with Gasteiger partial charge in [0.25, 0.3) is 5.91 Å². The number of carbonyl (C=O) groups is 1. The standard InChI is InChI=1S/C21H22N6O2/c1-12-4-6-22-9-16(12)17-8-15-18(10-23-17)25-21(29)20(15)14(3)24-19-5-7-27(26-19)11-13(2)28/h4-10,13,28H,11H2,1-3H3,(H,24,26)(H,25,29)/b20-14-/t13-/m0/s1. The van der Waals surface area contributed by atoms with Crippen LogP contribution in [0.15, 0.2) is 48.7 Å². The van der Waals surface area contributed by atoms with Crippen LogP contribution in [0.3, 0.4) is 0 Å². The van der Waals surface area contributed by atoms with E-state index in [0.29, 0.717) is 29.3 Å². The minimum Gasteiger partial charge on any atom is -0.391 e. The summed E-state index contributed by atoms with van der Waals surface area (Å²) in [7, 11) is 0. The van der Waals surface area contributed by atoms with Crippen molar-refractivity contribution >= 4 is 23.0 Å². The van der Waals surface area contributed by atoms with Gasteiger partial charge in [0, 0.05) is 41.5 Å². The summed E-state index contributed by atoms with van der Waals surface area (Å²) in [6, 6.07) is 5.64.